The Hall–Kier alpha value is -1.85. The number of carbonyl (C=O) groups is 2. The molecule has 1 aromatic carbocycles. The Morgan fingerprint density at radius 2 is 2.15 bits per heavy atom. The monoisotopic (exact) mass is 309 g/mol. The quantitative estimate of drug-likeness (QED) is 0.864. The molecule has 0 spiro atoms. The molecule has 6 heteroatoms. The smallest absolute Gasteiger partial charge is 0.339 e. The van der Waals surface area contributed by atoms with Gasteiger partial charge in [-0.15, -0.1) is 0 Å². The van der Waals surface area contributed by atoms with Gasteiger partial charge in [0.25, 0.3) is 5.91 Å². The van der Waals surface area contributed by atoms with Gasteiger partial charge in [-0.05, 0) is 29.1 Å². The van der Waals surface area contributed by atoms with E-state index in [9.17, 15) is 9.59 Å². The average Bonchev–Trinajstić information content (AvgIpc) is 2.97. The molecule has 1 aromatic heterocycles. The Kier molecular flexibility index (Phi) is 5.15. The fraction of sp³-hybridized carbons (Fsp3) is 0.143. The van der Waals surface area contributed by atoms with Gasteiger partial charge in [-0.1, -0.05) is 23.7 Å². The highest BCUT2D eigenvalue weighted by molar-refractivity contribution is 7.08. The normalized spacial score (nSPS) is 10.1. The lowest BCUT2D eigenvalue weighted by molar-refractivity contribution is -0.124. The summed E-state index contributed by atoms with van der Waals surface area (Å²) in [6.07, 6.45) is 0. The van der Waals surface area contributed by atoms with E-state index in [2.05, 4.69) is 5.32 Å². The number of amides is 1. The summed E-state index contributed by atoms with van der Waals surface area (Å²) in [4.78, 5) is 23.1. The molecule has 1 N–H and O–H groups in total. The number of hydrogen-bond acceptors (Lipinski definition) is 4. The molecule has 0 saturated carbocycles. The van der Waals surface area contributed by atoms with Gasteiger partial charge in [0, 0.05) is 16.9 Å². The number of halogens is 1. The fourth-order valence-electron chi connectivity index (χ4n) is 1.49. The highest BCUT2D eigenvalue weighted by atomic mass is 35.5. The zero-order valence-electron chi connectivity index (χ0n) is 10.5. The van der Waals surface area contributed by atoms with Gasteiger partial charge >= 0.3 is 5.97 Å². The second kappa shape index (κ2) is 7.07. The number of benzene rings is 1. The summed E-state index contributed by atoms with van der Waals surface area (Å²) in [6.45, 7) is 0.0463. The third kappa shape index (κ3) is 4.36. The van der Waals surface area contributed by atoms with Gasteiger partial charge in [-0.25, -0.2) is 4.79 Å². The van der Waals surface area contributed by atoms with Crippen molar-refractivity contribution in [3.05, 3.63) is 57.2 Å². The molecule has 2 aromatic rings. The molecule has 0 bridgehead atoms. The Bertz CT molecular complexity index is 598. The first-order valence-corrected chi connectivity index (χ1v) is 7.17. The molecule has 0 aliphatic carbocycles. The van der Waals surface area contributed by atoms with Gasteiger partial charge < -0.3 is 10.1 Å². The van der Waals surface area contributed by atoms with Crippen LogP contribution in [-0.4, -0.2) is 18.5 Å². The standard InChI is InChI=1S/C14H12ClNO3S/c15-12-3-1-2-10(6-12)7-16-13(17)8-19-14(18)11-4-5-20-9-11/h1-6,9H,7-8H2,(H,16,17). The number of hydrogen-bond donors (Lipinski definition) is 1. The largest absolute Gasteiger partial charge is 0.452 e. The van der Waals surface area contributed by atoms with E-state index in [4.69, 9.17) is 16.3 Å². The molecule has 0 aliphatic rings. The lowest BCUT2D eigenvalue weighted by Crippen LogP contribution is -2.28. The fourth-order valence-corrected chi connectivity index (χ4v) is 2.33. The van der Waals surface area contributed by atoms with E-state index in [0.29, 0.717) is 17.1 Å². The summed E-state index contributed by atoms with van der Waals surface area (Å²) in [7, 11) is 0. The molecular formula is C14H12ClNO3S. The molecule has 0 aliphatic heterocycles. The predicted molar refractivity (Wildman–Crippen MR) is 77.9 cm³/mol. The predicted octanol–water partition coefficient (Wildman–Crippen LogP) is 2.87. The van der Waals surface area contributed by atoms with Gasteiger partial charge in [0.1, 0.15) is 0 Å². The topological polar surface area (TPSA) is 55.4 Å². The molecule has 2 rings (SSSR count). The van der Waals surface area contributed by atoms with Crippen molar-refractivity contribution in [1.29, 1.82) is 0 Å². The second-order valence-electron chi connectivity index (χ2n) is 3.99. The SMILES string of the molecule is O=C(COC(=O)c1ccsc1)NCc1cccc(Cl)c1. The van der Waals surface area contributed by atoms with Crippen LogP contribution in [0.1, 0.15) is 15.9 Å². The average molecular weight is 310 g/mol. The van der Waals surface area contributed by atoms with E-state index >= 15 is 0 Å². The minimum atomic E-state index is -0.496. The van der Waals surface area contributed by atoms with E-state index in [0.717, 1.165) is 5.56 Å². The van der Waals surface area contributed by atoms with Crippen LogP contribution in [0.25, 0.3) is 0 Å². The minimum absolute atomic E-state index is 0.296. The van der Waals surface area contributed by atoms with Gasteiger partial charge in [-0.3, -0.25) is 4.79 Å². The third-order valence-electron chi connectivity index (χ3n) is 2.47. The maximum absolute atomic E-state index is 11.6. The molecule has 0 radical (unpaired) electrons. The highest BCUT2D eigenvalue weighted by Gasteiger charge is 2.10. The maximum atomic E-state index is 11.6. The van der Waals surface area contributed by atoms with Crippen LogP contribution < -0.4 is 5.32 Å². The minimum Gasteiger partial charge on any atom is -0.452 e. The number of rotatable bonds is 5. The van der Waals surface area contributed by atoms with Crippen LogP contribution in [-0.2, 0) is 16.1 Å². The molecule has 0 atom stereocenters. The first-order chi connectivity index (χ1) is 9.65. The van der Waals surface area contributed by atoms with Crippen molar-refractivity contribution >= 4 is 34.8 Å². The van der Waals surface area contributed by atoms with Gasteiger partial charge in [-0.2, -0.15) is 11.3 Å². The summed E-state index contributed by atoms with van der Waals surface area (Å²) in [5, 5.41) is 6.71. The molecule has 1 heterocycles. The summed E-state index contributed by atoms with van der Waals surface area (Å²) in [5.41, 5.74) is 1.34. The molecule has 0 fully saturated rings. The van der Waals surface area contributed by atoms with Crippen molar-refractivity contribution in [3.8, 4) is 0 Å². The van der Waals surface area contributed by atoms with E-state index in [1.54, 1.807) is 35.0 Å². The Morgan fingerprint density at radius 3 is 2.85 bits per heavy atom. The molecular weight excluding hydrogens is 298 g/mol. The first-order valence-electron chi connectivity index (χ1n) is 5.85. The lowest BCUT2D eigenvalue weighted by Gasteiger charge is -2.06. The number of ether oxygens (including phenoxy) is 1. The molecule has 1 amide bonds. The summed E-state index contributed by atoms with van der Waals surface area (Å²) >= 11 is 7.24. The van der Waals surface area contributed by atoms with Crippen LogP contribution >= 0.6 is 22.9 Å². The molecule has 4 nitrogen and oxygen atoms in total. The van der Waals surface area contributed by atoms with Crippen LogP contribution in [0, 0.1) is 0 Å². The van der Waals surface area contributed by atoms with Crippen molar-refractivity contribution in [1.82, 2.24) is 5.32 Å². The van der Waals surface area contributed by atoms with Crippen molar-refractivity contribution in [2.24, 2.45) is 0 Å². The highest BCUT2D eigenvalue weighted by Crippen LogP contribution is 2.10. The van der Waals surface area contributed by atoms with E-state index in [1.807, 2.05) is 6.07 Å². The third-order valence-corrected chi connectivity index (χ3v) is 3.39. The second-order valence-corrected chi connectivity index (χ2v) is 5.21. The van der Waals surface area contributed by atoms with Gasteiger partial charge in [0.2, 0.25) is 0 Å². The maximum Gasteiger partial charge on any atom is 0.339 e. The number of nitrogens with one attached hydrogen (secondary N) is 1. The Morgan fingerprint density at radius 1 is 1.30 bits per heavy atom. The lowest BCUT2D eigenvalue weighted by atomic mass is 10.2. The summed E-state index contributed by atoms with van der Waals surface area (Å²) < 4.78 is 4.89. The van der Waals surface area contributed by atoms with Crippen LogP contribution in [0.2, 0.25) is 5.02 Å². The van der Waals surface area contributed by atoms with E-state index < -0.39 is 5.97 Å². The molecule has 20 heavy (non-hydrogen) atoms. The van der Waals surface area contributed by atoms with Crippen LogP contribution in [0.4, 0.5) is 0 Å². The van der Waals surface area contributed by atoms with Crippen molar-refractivity contribution in [2.75, 3.05) is 6.61 Å². The number of esters is 1. The molecule has 0 saturated heterocycles. The van der Waals surface area contributed by atoms with Crippen molar-refractivity contribution < 1.29 is 14.3 Å². The van der Waals surface area contributed by atoms with Gasteiger partial charge in [0.05, 0.1) is 5.56 Å². The Balaban J connectivity index is 1.74. The van der Waals surface area contributed by atoms with E-state index in [-0.39, 0.29) is 12.5 Å². The first kappa shape index (κ1) is 14.6. The van der Waals surface area contributed by atoms with Crippen molar-refractivity contribution in [3.63, 3.8) is 0 Å². The zero-order chi connectivity index (χ0) is 14.4. The molecule has 104 valence electrons. The van der Waals surface area contributed by atoms with Crippen molar-refractivity contribution in [2.45, 2.75) is 6.54 Å². The van der Waals surface area contributed by atoms with E-state index in [1.165, 1.54) is 11.3 Å². The zero-order valence-corrected chi connectivity index (χ0v) is 12.0. The summed E-state index contributed by atoms with van der Waals surface area (Å²) in [6, 6.07) is 8.83. The van der Waals surface area contributed by atoms with Crippen LogP contribution in [0.3, 0.4) is 0 Å². The summed E-state index contributed by atoms with van der Waals surface area (Å²) in [5.74, 6) is -0.849. The van der Waals surface area contributed by atoms with Crippen LogP contribution in [0.15, 0.2) is 41.1 Å². The van der Waals surface area contributed by atoms with Gasteiger partial charge in [0.15, 0.2) is 6.61 Å². The number of carbonyl (C=O) groups excluding carboxylic acids is 2. The number of thiophene rings is 1. The Labute approximate surface area is 125 Å². The van der Waals surface area contributed by atoms with Crippen LogP contribution in [0.5, 0.6) is 0 Å². The molecule has 0 unspecified atom stereocenters.